The summed E-state index contributed by atoms with van der Waals surface area (Å²) in [5.41, 5.74) is 6.87. The fourth-order valence-corrected chi connectivity index (χ4v) is 5.34. The molecule has 3 aromatic carbocycles. The van der Waals surface area contributed by atoms with Crippen LogP contribution in [0.25, 0.3) is 22.5 Å². The number of rotatable bonds is 9. The molecule has 0 amide bonds. The Bertz CT molecular complexity index is 1480. The van der Waals surface area contributed by atoms with Gasteiger partial charge < -0.3 is 19.4 Å². The number of tetrazole rings is 1. The number of methoxy groups -OCH3 is 1. The van der Waals surface area contributed by atoms with Crippen LogP contribution in [0.1, 0.15) is 25.0 Å². The first-order valence-electron chi connectivity index (χ1n) is 13.7. The van der Waals surface area contributed by atoms with Crippen LogP contribution in [0.2, 0.25) is 0 Å². The van der Waals surface area contributed by atoms with E-state index in [4.69, 9.17) is 9.73 Å². The summed E-state index contributed by atoms with van der Waals surface area (Å²) >= 11 is 0. The maximum atomic E-state index is 5.70. The first-order valence-corrected chi connectivity index (χ1v) is 13.7. The van der Waals surface area contributed by atoms with Crippen LogP contribution < -0.4 is 0 Å². The van der Waals surface area contributed by atoms with E-state index in [1.807, 2.05) is 18.2 Å². The van der Waals surface area contributed by atoms with Crippen LogP contribution in [0.5, 0.6) is 0 Å². The van der Waals surface area contributed by atoms with Crippen LogP contribution in [0.3, 0.4) is 0 Å². The van der Waals surface area contributed by atoms with Crippen molar-refractivity contribution in [2.24, 2.45) is 4.99 Å². The lowest BCUT2D eigenvalue weighted by molar-refractivity contribution is -0.0111. The first-order chi connectivity index (χ1) is 19.6. The second kappa shape index (κ2) is 11.3. The highest BCUT2D eigenvalue weighted by molar-refractivity contribution is 6.00. The topological polar surface area (TPSA) is 85.8 Å². The monoisotopic (exact) mass is 534 g/mol. The van der Waals surface area contributed by atoms with Crippen molar-refractivity contribution in [3.05, 3.63) is 102 Å². The molecular weight excluding hydrogens is 500 g/mol. The summed E-state index contributed by atoms with van der Waals surface area (Å²) in [6, 6.07) is 27.5. The van der Waals surface area contributed by atoms with Gasteiger partial charge in [0.15, 0.2) is 11.7 Å². The Kier molecular flexibility index (Phi) is 7.29. The van der Waals surface area contributed by atoms with Crippen LogP contribution in [-0.2, 0) is 17.7 Å². The maximum absolute atomic E-state index is 5.70. The Labute approximate surface area is 234 Å². The van der Waals surface area contributed by atoms with Crippen molar-refractivity contribution in [1.82, 2.24) is 35.3 Å². The van der Waals surface area contributed by atoms with Crippen molar-refractivity contribution >= 4 is 5.84 Å². The van der Waals surface area contributed by atoms with Crippen molar-refractivity contribution in [1.29, 1.82) is 0 Å². The van der Waals surface area contributed by atoms with Gasteiger partial charge in [0, 0.05) is 32.0 Å². The lowest BCUT2D eigenvalue weighted by atomic mass is 9.98. The summed E-state index contributed by atoms with van der Waals surface area (Å²) in [6.45, 7) is 6.65. The van der Waals surface area contributed by atoms with Gasteiger partial charge in [-0.2, -0.15) is 0 Å². The third-order valence-corrected chi connectivity index (χ3v) is 7.69. The number of nitrogens with zero attached hydrogens (tertiary/aromatic N) is 7. The van der Waals surface area contributed by atoms with Crippen molar-refractivity contribution in [3.8, 4) is 22.5 Å². The highest BCUT2D eigenvalue weighted by atomic mass is 16.5. The molecule has 0 spiro atoms. The van der Waals surface area contributed by atoms with Crippen LogP contribution in [0.4, 0.5) is 0 Å². The largest absolute Gasteiger partial charge is 0.362 e. The number of ether oxygens (including phenoxy) is 1. The summed E-state index contributed by atoms with van der Waals surface area (Å²) < 4.78 is 5.70. The van der Waals surface area contributed by atoms with E-state index in [0.29, 0.717) is 5.82 Å². The van der Waals surface area contributed by atoms with Gasteiger partial charge in [-0.25, -0.2) is 10.1 Å². The summed E-state index contributed by atoms with van der Waals surface area (Å²) in [6.07, 6.45) is 3.18. The van der Waals surface area contributed by atoms with Gasteiger partial charge in [-0.1, -0.05) is 78.9 Å². The van der Waals surface area contributed by atoms with Crippen LogP contribution >= 0.6 is 0 Å². The molecule has 9 nitrogen and oxygen atoms in total. The molecule has 0 aliphatic carbocycles. The Morgan fingerprint density at radius 2 is 1.70 bits per heavy atom. The van der Waals surface area contributed by atoms with E-state index in [-0.39, 0.29) is 12.4 Å². The van der Waals surface area contributed by atoms with Gasteiger partial charge in [0.1, 0.15) is 12.4 Å². The average Bonchev–Trinajstić information content (AvgIpc) is 3.65. The standard InChI is InChI=1S/C31H34N8O/c1-22-32-31-29(20-38(23(2)40-3)21-37(31)18-17-24-9-5-4-6-10-24)39(22)19-25-13-15-26(16-14-25)27-11-7-8-12-28(27)30-33-35-36-34-30/h4-16,20,22-23H,17-19,21H2,1-3H3,(H,33,34,35,36). The average molecular weight is 535 g/mol. The fourth-order valence-electron chi connectivity index (χ4n) is 5.34. The molecule has 1 aromatic heterocycles. The van der Waals surface area contributed by atoms with Crippen molar-refractivity contribution < 1.29 is 4.74 Å². The highest BCUT2D eigenvalue weighted by Gasteiger charge is 2.36. The normalized spacial score (nSPS) is 17.5. The Hall–Kier alpha value is -4.50. The molecule has 1 N–H and O–H groups in total. The summed E-state index contributed by atoms with van der Waals surface area (Å²) in [5.74, 6) is 1.72. The lowest BCUT2D eigenvalue weighted by Crippen LogP contribution is -2.49. The Morgan fingerprint density at radius 1 is 0.950 bits per heavy atom. The van der Waals surface area contributed by atoms with E-state index in [2.05, 4.69) is 116 Å². The van der Waals surface area contributed by atoms with Gasteiger partial charge in [-0.3, -0.25) is 0 Å². The molecule has 2 atom stereocenters. The molecule has 0 fully saturated rings. The number of fused-ring (bicyclic) bond motifs is 1. The third-order valence-electron chi connectivity index (χ3n) is 7.69. The van der Waals surface area contributed by atoms with Crippen molar-refractivity contribution in [2.75, 3.05) is 20.3 Å². The van der Waals surface area contributed by atoms with E-state index < -0.39 is 0 Å². The number of aromatic nitrogens is 4. The fraction of sp³-hybridized carbons (Fsp3) is 0.290. The molecule has 0 radical (unpaired) electrons. The Balaban J connectivity index is 1.22. The number of aliphatic imine (C=N–C) groups is 1. The molecule has 0 bridgehead atoms. The molecule has 40 heavy (non-hydrogen) atoms. The lowest BCUT2D eigenvalue weighted by Gasteiger charge is -2.40. The zero-order chi connectivity index (χ0) is 27.5. The molecule has 204 valence electrons. The molecule has 0 saturated carbocycles. The van der Waals surface area contributed by atoms with Gasteiger partial charge in [-0.15, -0.1) is 5.10 Å². The summed E-state index contributed by atoms with van der Waals surface area (Å²) in [4.78, 5) is 12.1. The first kappa shape index (κ1) is 25.8. The van der Waals surface area contributed by atoms with E-state index >= 15 is 0 Å². The zero-order valence-electron chi connectivity index (χ0n) is 23.1. The Morgan fingerprint density at radius 3 is 2.42 bits per heavy atom. The molecule has 3 heterocycles. The summed E-state index contributed by atoms with van der Waals surface area (Å²) in [7, 11) is 1.76. The second-order valence-electron chi connectivity index (χ2n) is 10.2. The SMILES string of the molecule is COC(C)N1C=C2C(=NC(C)N2Cc2ccc(-c3ccccc3-c3nnn[nH]3)cc2)N(CCc2ccccc2)C1. The second-order valence-corrected chi connectivity index (χ2v) is 10.2. The number of hydrogen-bond donors (Lipinski definition) is 1. The molecule has 0 saturated heterocycles. The highest BCUT2D eigenvalue weighted by Crippen LogP contribution is 2.32. The van der Waals surface area contributed by atoms with E-state index in [0.717, 1.165) is 54.4 Å². The van der Waals surface area contributed by atoms with E-state index in [1.54, 1.807) is 7.11 Å². The molecule has 4 aromatic rings. The van der Waals surface area contributed by atoms with Crippen molar-refractivity contribution in [3.63, 3.8) is 0 Å². The number of aromatic amines is 1. The molecular formula is C31H34N8O. The minimum atomic E-state index is -0.0371. The zero-order valence-corrected chi connectivity index (χ0v) is 23.1. The quantitative estimate of drug-likeness (QED) is 0.332. The number of hydrogen-bond acceptors (Lipinski definition) is 8. The maximum Gasteiger partial charge on any atom is 0.180 e. The van der Waals surface area contributed by atoms with Crippen LogP contribution in [0.15, 0.2) is 95.8 Å². The minimum Gasteiger partial charge on any atom is -0.362 e. The van der Waals surface area contributed by atoms with E-state index in [1.165, 1.54) is 11.1 Å². The summed E-state index contributed by atoms with van der Waals surface area (Å²) in [5, 5.41) is 14.5. The molecule has 2 aliphatic heterocycles. The van der Waals surface area contributed by atoms with E-state index in [9.17, 15) is 0 Å². The predicted molar refractivity (Wildman–Crippen MR) is 156 cm³/mol. The van der Waals surface area contributed by atoms with Crippen molar-refractivity contribution in [2.45, 2.75) is 39.2 Å². The van der Waals surface area contributed by atoms with Gasteiger partial charge >= 0.3 is 0 Å². The van der Waals surface area contributed by atoms with Crippen LogP contribution in [-0.4, -0.2) is 73.9 Å². The van der Waals surface area contributed by atoms with Gasteiger partial charge in [0.2, 0.25) is 0 Å². The number of H-pyrrole nitrogens is 1. The van der Waals surface area contributed by atoms with Gasteiger partial charge in [0.05, 0.1) is 12.4 Å². The number of amidine groups is 1. The number of benzene rings is 3. The smallest absolute Gasteiger partial charge is 0.180 e. The van der Waals surface area contributed by atoms with Crippen LogP contribution in [0, 0.1) is 0 Å². The number of nitrogens with one attached hydrogen (secondary N) is 1. The van der Waals surface area contributed by atoms with Gasteiger partial charge in [0.25, 0.3) is 0 Å². The minimum absolute atomic E-state index is 0.0371. The molecule has 6 rings (SSSR count). The predicted octanol–water partition coefficient (Wildman–Crippen LogP) is 4.75. The molecule has 9 heteroatoms. The molecule has 2 unspecified atom stereocenters. The third kappa shape index (κ3) is 5.20. The van der Waals surface area contributed by atoms with Gasteiger partial charge in [-0.05, 0) is 52.9 Å². The molecule has 2 aliphatic rings.